The van der Waals surface area contributed by atoms with E-state index in [1.54, 1.807) is 0 Å². The summed E-state index contributed by atoms with van der Waals surface area (Å²) >= 11 is 0. The van der Waals surface area contributed by atoms with Gasteiger partial charge in [0.15, 0.2) is 0 Å². The molecule has 0 spiro atoms. The van der Waals surface area contributed by atoms with Crippen molar-refractivity contribution >= 4 is 24.2 Å². The van der Waals surface area contributed by atoms with Gasteiger partial charge in [-0.2, -0.15) is 0 Å². The highest BCUT2D eigenvalue weighted by atomic mass is 16.5. The molecule has 1 N–H and O–H groups in total. The van der Waals surface area contributed by atoms with Crippen molar-refractivity contribution in [3.05, 3.63) is 65.2 Å². The van der Waals surface area contributed by atoms with Gasteiger partial charge in [0.25, 0.3) is 0 Å². The van der Waals surface area contributed by atoms with E-state index in [-0.39, 0.29) is 6.10 Å². The van der Waals surface area contributed by atoms with Gasteiger partial charge >= 0.3 is 7.12 Å². The molecule has 2 nitrogen and oxygen atoms in total. The van der Waals surface area contributed by atoms with Crippen molar-refractivity contribution in [1.29, 1.82) is 0 Å². The van der Waals surface area contributed by atoms with Gasteiger partial charge in [-0.05, 0) is 46.5 Å². The first-order valence-corrected chi connectivity index (χ1v) is 7.93. The Morgan fingerprint density at radius 3 is 2.59 bits per heavy atom. The molecular formula is C19H19BO2. The molecule has 0 radical (unpaired) electrons. The van der Waals surface area contributed by atoms with Crippen LogP contribution in [-0.2, 0) is 11.1 Å². The Bertz CT molecular complexity index is 738. The van der Waals surface area contributed by atoms with E-state index in [0.717, 1.165) is 23.9 Å². The van der Waals surface area contributed by atoms with Crippen molar-refractivity contribution < 1.29 is 9.68 Å². The predicted molar refractivity (Wildman–Crippen MR) is 90.7 cm³/mol. The minimum Gasteiger partial charge on any atom is -0.423 e. The number of rotatable bonds is 4. The van der Waals surface area contributed by atoms with Crippen molar-refractivity contribution in [2.45, 2.75) is 25.9 Å². The number of benzene rings is 2. The van der Waals surface area contributed by atoms with E-state index >= 15 is 0 Å². The summed E-state index contributed by atoms with van der Waals surface area (Å²) in [5.74, 6) is 0.566. The first-order valence-electron chi connectivity index (χ1n) is 7.93. The fourth-order valence-corrected chi connectivity index (χ4v) is 3.17. The molecule has 2 aromatic rings. The minimum absolute atomic E-state index is 0.206. The van der Waals surface area contributed by atoms with Crippen LogP contribution in [0, 0.1) is 5.92 Å². The van der Waals surface area contributed by atoms with Crippen molar-refractivity contribution in [2.75, 3.05) is 0 Å². The molecule has 0 bridgehead atoms. The zero-order valence-electron chi connectivity index (χ0n) is 12.7. The zero-order chi connectivity index (χ0) is 15.1. The summed E-state index contributed by atoms with van der Waals surface area (Å²) in [7, 11) is -0.837. The van der Waals surface area contributed by atoms with Crippen molar-refractivity contribution in [3.63, 3.8) is 0 Å². The summed E-state index contributed by atoms with van der Waals surface area (Å²) in [4.78, 5) is 0. The van der Waals surface area contributed by atoms with Crippen molar-refractivity contribution in [2.24, 2.45) is 5.92 Å². The zero-order valence-corrected chi connectivity index (χ0v) is 12.7. The monoisotopic (exact) mass is 290 g/mol. The lowest BCUT2D eigenvalue weighted by atomic mass is 9.74. The molecule has 22 heavy (non-hydrogen) atoms. The third kappa shape index (κ3) is 2.51. The maximum Gasteiger partial charge on any atom is 0.491 e. The lowest BCUT2D eigenvalue weighted by molar-refractivity contribution is 0.245. The summed E-state index contributed by atoms with van der Waals surface area (Å²) in [5, 5.41) is 10.5. The molecule has 0 aliphatic heterocycles. The minimum atomic E-state index is -0.837. The van der Waals surface area contributed by atoms with E-state index in [4.69, 9.17) is 4.65 Å². The van der Waals surface area contributed by atoms with Gasteiger partial charge in [0.05, 0.1) is 0 Å². The third-order valence-corrected chi connectivity index (χ3v) is 4.68. The molecule has 110 valence electrons. The summed E-state index contributed by atoms with van der Waals surface area (Å²) in [6.45, 7) is 2.15. The first kappa shape index (κ1) is 13.8. The van der Waals surface area contributed by atoms with Crippen LogP contribution >= 0.6 is 0 Å². The second kappa shape index (κ2) is 5.42. The normalized spacial score (nSPS) is 22.2. The Balaban J connectivity index is 1.63. The average molecular weight is 290 g/mol. The van der Waals surface area contributed by atoms with Gasteiger partial charge < -0.3 is 9.68 Å². The number of allylic oxidation sites excluding steroid dienone is 1. The lowest BCUT2D eigenvalue weighted by Gasteiger charge is -2.13. The Morgan fingerprint density at radius 2 is 1.82 bits per heavy atom. The number of fused-ring (bicyclic) bond motifs is 1. The molecule has 0 amide bonds. The van der Waals surface area contributed by atoms with Gasteiger partial charge in [-0.15, -0.1) is 0 Å². The van der Waals surface area contributed by atoms with Gasteiger partial charge in [0.2, 0.25) is 0 Å². The van der Waals surface area contributed by atoms with Gasteiger partial charge in [0, 0.05) is 6.10 Å². The number of hydrogen-bond acceptors (Lipinski definition) is 2. The average Bonchev–Trinajstić information content (AvgIpc) is 3.07. The van der Waals surface area contributed by atoms with Crippen LogP contribution in [0.15, 0.2) is 48.5 Å². The molecule has 2 aromatic carbocycles. The second-order valence-corrected chi connectivity index (χ2v) is 6.37. The van der Waals surface area contributed by atoms with Gasteiger partial charge in [-0.1, -0.05) is 61.5 Å². The topological polar surface area (TPSA) is 29.5 Å². The van der Waals surface area contributed by atoms with E-state index in [2.05, 4.69) is 43.3 Å². The summed E-state index contributed by atoms with van der Waals surface area (Å²) < 4.78 is 5.77. The Morgan fingerprint density at radius 1 is 1.09 bits per heavy atom. The molecule has 0 heterocycles. The van der Waals surface area contributed by atoms with Crippen LogP contribution in [0.25, 0.3) is 11.6 Å². The molecular weight excluding hydrogens is 271 g/mol. The van der Waals surface area contributed by atoms with E-state index in [1.807, 2.05) is 18.2 Å². The highest BCUT2D eigenvalue weighted by molar-refractivity contribution is 6.61. The van der Waals surface area contributed by atoms with Crippen LogP contribution in [0.5, 0.6) is 0 Å². The van der Waals surface area contributed by atoms with Gasteiger partial charge in [-0.3, -0.25) is 0 Å². The predicted octanol–water partition coefficient (Wildman–Crippen LogP) is 2.90. The van der Waals surface area contributed by atoms with Gasteiger partial charge in [0.1, 0.15) is 0 Å². The quantitative estimate of drug-likeness (QED) is 0.877. The molecule has 1 saturated carbocycles. The Labute approximate surface area is 131 Å². The molecule has 2 atom stereocenters. The summed E-state index contributed by atoms with van der Waals surface area (Å²) in [6.07, 6.45) is 4.39. The standard InChI is InChI=1S/C19H19BO2/c1-13-10-19(13)22-20(21)18-9-5-4-8-17(18)16-11-14-6-2-3-7-15(14)12-16/h2-9,11,13,19,21H,10,12H2,1H3. The highest BCUT2D eigenvalue weighted by Crippen LogP contribution is 2.34. The molecule has 0 aromatic heterocycles. The highest BCUT2D eigenvalue weighted by Gasteiger charge is 2.38. The number of hydrogen-bond donors (Lipinski definition) is 1. The van der Waals surface area contributed by atoms with E-state index in [9.17, 15) is 5.02 Å². The smallest absolute Gasteiger partial charge is 0.423 e. The van der Waals surface area contributed by atoms with E-state index < -0.39 is 7.12 Å². The second-order valence-electron chi connectivity index (χ2n) is 6.37. The fraction of sp³-hybridized carbons (Fsp3) is 0.263. The van der Waals surface area contributed by atoms with Crippen LogP contribution in [0.4, 0.5) is 0 Å². The van der Waals surface area contributed by atoms with Crippen LogP contribution in [-0.4, -0.2) is 18.2 Å². The first-order chi connectivity index (χ1) is 10.7. The molecule has 0 saturated heterocycles. The van der Waals surface area contributed by atoms with Gasteiger partial charge in [-0.25, -0.2) is 0 Å². The lowest BCUT2D eigenvalue weighted by Crippen LogP contribution is -2.37. The largest absolute Gasteiger partial charge is 0.491 e. The summed E-state index contributed by atoms with van der Waals surface area (Å²) in [6, 6.07) is 16.5. The molecule has 3 heteroatoms. The maximum absolute atomic E-state index is 10.5. The summed E-state index contributed by atoms with van der Waals surface area (Å²) in [5.41, 5.74) is 5.85. The van der Waals surface area contributed by atoms with Crippen LogP contribution in [0.1, 0.15) is 30.0 Å². The van der Waals surface area contributed by atoms with Crippen LogP contribution in [0.2, 0.25) is 0 Å². The van der Waals surface area contributed by atoms with E-state index in [1.165, 1.54) is 16.7 Å². The molecule has 2 unspecified atom stereocenters. The Hall–Kier alpha value is -1.84. The molecule has 2 aliphatic rings. The molecule has 1 fully saturated rings. The third-order valence-electron chi connectivity index (χ3n) is 4.68. The Kier molecular flexibility index (Phi) is 3.40. The van der Waals surface area contributed by atoms with E-state index in [0.29, 0.717) is 5.92 Å². The van der Waals surface area contributed by atoms with Crippen molar-refractivity contribution in [3.8, 4) is 0 Å². The maximum atomic E-state index is 10.5. The fourth-order valence-electron chi connectivity index (χ4n) is 3.17. The molecule has 2 aliphatic carbocycles. The van der Waals surface area contributed by atoms with Crippen LogP contribution < -0.4 is 5.46 Å². The van der Waals surface area contributed by atoms with Crippen LogP contribution in [0.3, 0.4) is 0 Å². The van der Waals surface area contributed by atoms with Crippen molar-refractivity contribution in [1.82, 2.24) is 0 Å². The SMILES string of the molecule is CC1CC1OB(O)c1ccccc1C1=Cc2ccccc2C1. The molecule has 4 rings (SSSR count).